The molecule has 1 aromatic heterocycles. The Bertz CT molecular complexity index is 1150. The molecule has 1 amide bonds. The van der Waals surface area contributed by atoms with Gasteiger partial charge < -0.3 is 4.74 Å². The molecule has 0 N–H and O–H groups in total. The van der Waals surface area contributed by atoms with E-state index in [0.29, 0.717) is 36.9 Å². The van der Waals surface area contributed by atoms with Crippen LogP contribution in [-0.4, -0.2) is 57.0 Å². The molecule has 0 atom stereocenters. The third-order valence-corrected chi connectivity index (χ3v) is 8.52. The van der Waals surface area contributed by atoms with E-state index in [1.54, 1.807) is 34.5 Å². The highest BCUT2D eigenvalue weighted by atomic mass is 32.2. The van der Waals surface area contributed by atoms with Crippen LogP contribution in [0.2, 0.25) is 0 Å². The van der Waals surface area contributed by atoms with Crippen LogP contribution in [0.15, 0.2) is 53.4 Å². The number of benzene rings is 2. The summed E-state index contributed by atoms with van der Waals surface area (Å²) in [6.07, 6.45) is 3.81. The molecule has 1 aliphatic rings. The minimum Gasteiger partial charge on any atom is -0.383 e. The average Bonchev–Trinajstić information content (AvgIpc) is 3.03. The van der Waals surface area contributed by atoms with Gasteiger partial charge in [-0.05, 0) is 43.2 Å². The molecule has 2 aromatic carbocycles. The van der Waals surface area contributed by atoms with Crippen molar-refractivity contribution in [2.24, 2.45) is 0 Å². The standard InChI is InChI=1S/C23H27N3O4S2/c1-30-16-15-26(23-24-20-11-4-5-12-21(20)31-23)22(27)18-9-8-10-19(17-18)32(28,29)25-13-6-2-3-7-14-25/h4-5,8-12,17H,2-3,6-7,13-16H2,1H3. The molecular formula is C23H27N3O4S2. The second kappa shape index (κ2) is 10.1. The smallest absolute Gasteiger partial charge is 0.260 e. The molecule has 0 spiro atoms. The molecule has 170 valence electrons. The lowest BCUT2D eigenvalue weighted by Crippen LogP contribution is -2.34. The molecule has 2 heterocycles. The number of hydrogen-bond donors (Lipinski definition) is 0. The normalized spacial score (nSPS) is 15.5. The van der Waals surface area contributed by atoms with Crippen molar-refractivity contribution in [2.45, 2.75) is 30.6 Å². The number of sulfonamides is 1. The van der Waals surface area contributed by atoms with Gasteiger partial charge in [0.05, 0.1) is 28.3 Å². The van der Waals surface area contributed by atoms with Gasteiger partial charge in [-0.1, -0.05) is 42.4 Å². The Balaban J connectivity index is 1.65. The number of aromatic nitrogens is 1. The number of rotatable bonds is 7. The first-order valence-electron chi connectivity index (χ1n) is 10.8. The van der Waals surface area contributed by atoms with Crippen molar-refractivity contribution >= 4 is 42.6 Å². The maximum Gasteiger partial charge on any atom is 0.260 e. The van der Waals surface area contributed by atoms with Crippen LogP contribution in [0.4, 0.5) is 5.13 Å². The van der Waals surface area contributed by atoms with Crippen LogP contribution in [0.5, 0.6) is 0 Å². The topological polar surface area (TPSA) is 79.8 Å². The summed E-state index contributed by atoms with van der Waals surface area (Å²) in [6, 6.07) is 14.0. The predicted molar refractivity (Wildman–Crippen MR) is 127 cm³/mol. The summed E-state index contributed by atoms with van der Waals surface area (Å²) >= 11 is 1.43. The van der Waals surface area contributed by atoms with Crippen LogP contribution < -0.4 is 4.90 Å². The highest BCUT2D eigenvalue weighted by molar-refractivity contribution is 7.89. The molecule has 7 nitrogen and oxygen atoms in total. The second-order valence-corrected chi connectivity index (χ2v) is 10.7. The first kappa shape index (κ1) is 22.8. The maximum atomic E-state index is 13.5. The van der Waals surface area contributed by atoms with Crippen LogP contribution in [0.3, 0.4) is 0 Å². The number of fused-ring (bicyclic) bond motifs is 1. The van der Waals surface area contributed by atoms with Crippen molar-refractivity contribution < 1.29 is 17.9 Å². The van der Waals surface area contributed by atoms with Crippen molar-refractivity contribution in [3.05, 3.63) is 54.1 Å². The summed E-state index contributed by atoms with van der Waals surface area (Å²) in [6.45, 7) is 1.70. The van der Waals surface area contributed by atoms with Gasteiger partial charge in [-0.25, -0.2) is 13.4 Å². The van der Waals surface area contributed by atoms with Crippen LogP contribution in [0, 0.1) is 0 Å². The van der Waals surface area contributed by atoms with E-state index < -0.39 is 10.0 Å². The van der Waals surface area contributed by atoms with Gasteiger partial charge in [-0.15, -0.1) is 0 Å². The van der Waals surface area contributed by atoms with Crippen molar-refractivity contribution in [1.29, 1.82) is 0 Å². The third kappa shape index (κ3) is 4.85. The number of carbonyl (C=O) groups excluding carboxylic acids is 1. The molecule has 0 unspecified atom stereocenters. The zero-order valence-electron chi connectivity index (χ0n) is 18.1. The van der Waals surface area contributed by atoms with Crippen LogP contribution in [-0.2, 0) is 14.8 Å². The van der Waals surface area contributed by atoms with E-state index in [1.807, 2.05) is 24.3 Å². The number of carbonyl (C=O) groups is 1. The summed E-state index contributed by atoms with van der Waals surface area (Å²) in [5.41, 5.74) is 1.14. The molecule has 4 rings (SSSR count). The van der Waals surface area contributed by atoms with Gasteiger partial charge >= 0.3 is 0 Å². The van der Waals surface area contributed by atoms with Crippen molar-refractivity contribution in [3.8, 4) is 0 Å². The fourth-order valence-corrected chi connectivity index (χ4v) is 6.37. The molecule has 9 heteroatoms. The number of hydrogen-bond acceptors (Lipinski definition) is 6. The fourth-order valence-electron chi connectivity index (χ4n) is 3.82. The van der Waals surface area contributed by atoms with Gasteiger partial charge in [0.2, 0.25) is 10.0 Å². The summed E-state index contributed by atoms with van der Waals surface area (Å²) < 4.78 is 34.2. The van der Waals surface area contributed by atoms with Gasteiger partial charge in [0, 0.05) is 25.8 Å². The number of anilines is 1. The molecule has 1 aliphatic heterocycles. The van der Waals surface area contributed by atoms with E-state index in [-0.39, 0.29) is 10.8 Å². The van der Waals surface area contributed by atoms with Gasteiger partial charge in [-0.3, -0.25) is 9.69 Å². The fraction of sp³-hybridized carbons (Fsp3) is 0.391. The lowest BCUT2D eigenvalue weighted by molar-refractivity contribution is 0.0975. The summed E-state index contributed by atoms with van der Waals surface area (Å²) in [5.74, 6) is -0.297. The Hall–Kier alpha value is -2.33. The number of methoxy groups -OCH3 is 1. The first-order valence-corrected chi connectivity index (χ1v) is 13.0. The largest absolute Gasteiger partial charge is 0.383 e. The quantitative estimate of drug-likeness (QED) is 0.515. The van der Waals surface area contributed by atoms with Crippen molar-refractivity contribution in [1.82, 2.24) is 9.29 Å². The summed E-state index contributed by atoms with van der Waals surface area (Å²) in [7, 11) is -2.07. The summed E-state index contributed by atoms with van der Waals surface area (Å²) in [5, 5.41) is 0.564. The highest BCUT2D eigenvalue weighted by Gasteiger charge is 2.27. The highest BCUT2D eigenvalue weighted by Crippen LogP contribution is 2.30. The van der Waals surface area contributed by atoms with Crippen LogP contribution in [0.1, 0.15) is 36.0 Å². The number of thiazole rings is 1. The molecule has 0 bridgehead atoms. The van der Waals surface area contributed by atoms with Gasteiger partial charge in [0.1, 0.15) is 0 Å². The monoisotopic (exact) mass is 473 g/mol. The molecule has 0 radical (unpaired) electrons. The molecular weight excluding hydrogens is 446 g/mol. The SMILES string of the molecule is COCCN(C(=O)c1cccc(S(=O)(=O)N2CCCCCC2)c1)c1nc2ccccc2s1. The summed E-state index contributed by atoms with van der Waals surface area (Å²) in [4.78, 5) is 19.8. The number of amides is 1. The van der Waals surface area contributed by atoms with E-state index in [1.165, 1.54) is 17.4 Å². The Morgan fingerprint density at radius 3 is 2.56 bits per heavy atom. The number of nitrogens with zero attached hydrogens (tertiary/aromatic N) is 3. The predicted octanol–water partition coefficient (Wildman–Crippen LogP) is 4.15. The van der Waals surface area contributed by atoms with Crippen molar-refractivity contribution in [2.75, 3.05) is 38.3 Å². The molecule has 1 fully saturated rings. The molecule has 0 aliphatic carbocycles. The van der Waals surface area contributed by atoms with Crippen molar-refractivity contribution in [3.63, 3.8) is 0 Å². The lowest BCUT2D eigenvalue weighted by atomic mass is 10.2. The third-order valence-electron chi connectivity index (χ3n) is 5.56. The number of ether oxygens (including phenoxy) is 1. The average molecular weight is 474 g/mol. The van der Waals surface area contributed by atoms with E-state index in [2.05, 4.69) is 4.98 Å². The zero-order chi connectivity index (χ0) is 22.6. The van der Waals surface area contributed by atoms with E-state index in [4.69, 9.17) is 4.74 Å². The maximum absolute atomic E-state index is 13.5. The van der Waals surface area contributed by atoms with Crippen LogP contribution in [0.25, 0.3) is 10.2 Å². The Morgan fingerprint density at radius 2 is 1.84 bits per heavy atom. The van der Waals surface area contributed by atoms with Gasteiger partial charge in [0.15, 0.2) is 5.13 Å². The molecule has 0 saturated carbocycles. The molecule has 1 saturated heterocycles. The molecule has 32 heavy (non-hydrogen) atoms. The van der Waals surface area contributed by atoms with E-state index >= 15 is 0 Å². The zero-order valence-corrected chi connectivity index (χ0v) is 19.7. The minimum absolute atomic E-state index is 0.154. The van der Waals surface area contributed by atoms with Crippen LogP contribution >= 0.6 is 11.3 Å². The minimum atomic E-state index is -3.64. The Labute approximate surface area is 192 Å². The Kier molecular flexibility index (Phi) is 7.20. The number of para-hydroxylation sites is 1. The van der Waals surface area contributed by atoms with Gasteiger partial charge in [-0.2, -0.15) is 4.31 Å². The second-order valence-electron chi connectivity index (χ2n) is 7.76. The van der Waals surface area contributed by atoms with Gasteiger partial charge in [0.25, 0.3) is 5.91 Å². The van der Waals surface area contributed by atoms with E-state index in [0.717, 1.165) is 35.9 Å². The molecule has 3 aromatic rings. The lowest BCUT2D eigenvalue weighted by Gasteiger charge is -2.22. The first-order chi connectivity index (χ1) is 15.5. The van der Waals surface area contributed by atoms with E-state index in [9.17, 15) is 13.2 Å². The Morgan fingerprint density at radius 1 is 1.09 bits per heavy atom.